The average Bonchev–Trinajstić information content (AvgIpc) is 3.20. The van der Waals surface area contributed by atoms with Gasteiger partial charge in [0.2, 0.25) is 0 Å². The number of halogens is 3. The molecule has 0 radical (unpaired) electrons. The third-order valence-electron chi connectivity index (χ3n) is 5.55. The molecule has 14 heteroatoms. The predicted molar refractivity (Wildman–Crippen MR) is 134 cm³/mol. The quantitative estimate of drug-likeness (QED) is 0.274. The fraction of sp³-hybridized carbons (Fsp3) is 0.240. The maximum atomic E-state index is 14.5. The van der Waals surface area contributed by atoms with Gasteiger partial charge in [0.05, 0.1) is 36.4 Å². The molecule has 0 bridgehead atoms. The second-order valence-electron chi connectivity index (χ2n) is 8.21. The van der Waals surface area contributed by atoms with Crippen LogP contribution in [-0.2, 0) is 11.4 Å². The van der Waals surface area contributed by atoms with Gasteiger partial charge < -0.3 is 24.3 Å². The van der Waals surface area contributed by atoms with Gasteiger partial charge in [-0.05, 0) is 19.1 Å². The zero-order valence-corrected chi connectivity index (χ0v) is 21.6. The van der Waals surface area contributed by atoms with Gasteiger partial charge in [0.1, 0.15) is 29.4 Å². The van der Waals surface area contributed by atoms with Gasteiger partial charge in [-0.3, -0.25) is 9.59 Å². The van der Waals surface area contributed by atoms with Crippen LogP contribution in [0.15, 0.2) is 29.1 Å². The second kappa shape index (κ2) is 11.1. The molecule has 0 saturated carbocycles. The number of hydrogen-bond donors (Lipinski definition) is 2. The Balaban J connectivity index is 1.85. The van der Waals surface area contributed by atoms with Crippen molar-refractivity contribution >= 4 is 34.5 Å². The van der Waals surface area contributed by atoms with E-state index in [1.54, 1.807) is 6.92 Å². The SMILES string of the molecule is COc1ccc(F)c(F)c1COc1cc(-n2c(=O)[nH]c3c(C(C)=O)nc(C)nc32)c(Cl)cc1OCCC(=O)O. The van der Waals surface area contributed by atoms with Crippen LogP contribution in [0.5, 0.6) is 17.2 Å². The molecule has 0 saturated heterocycles. The molecule has 2 aromatic carbocycles. The number of methoxy groups -OCH3 is 1. The number of rotatable bonds is 10. The van der Waals surface area contributed by atoms with E-state index in [0.29, 0.717) is 0 Å². The zero-order valence-electron chi connectivity index (χ0n) is 20.8. The predicted octanol–water partition coefficient (Wildman–Crippen LogP) is 3.99. The lowest BCUT2D eigenvalue weighted by atomic mass is 10.2. The van der Waals surface area contributed by atoms with Gasteiger partial charge in [0.25, 0.3) is 0 Å². The summed E-state index contributed by atoms with van der Waals surface area (Å²) in [6.45, 7) is 2.05. The van der Waals surface area contributed by atoms with Crippen molar-refractivity contribution < 1.29 is 37.7 Å². The van der Waals surface area contributed by atoms with Crippen molar-refractivity contribution in [2.24, 2.45) is 0 Å². The fourth-order valence-corrected chi connectivity index (χ4v) is 4.03. The largest absolute Gasteiger partial charge is 0.496 e. The van der Waals surface area contributed by atoms with Crippen LogP contribution in [0.3, 0.4) is 0 Å². The number of nitrogens with one attached hydrogen (secondary N) is 1. The van der Waals surface area contributed by atoms with E-state index in [-0.39, 0.29) is 69.2 Å². The number of carboxylic acid groups (broad SMARTS) is 1. The summed E-state index contributed by atoms with van der Waals surface area (Å²) in [6.07, 6.45) is -0.350. The fourth-order valence-electron chi connectivity index (χ4n) is 3.79. The van der Waals surface area contributed by atoms with E-state index in [1.165, 1.54) is 32.2 Å². The van der Waals surface area contributed by atoms with Gasteiger partial charge in [-0.25, -0.2) is 28.1 Å². The highest BCUT2D eigenvalue weighted by molar-refractivity contribution is 6.32. The van der Waals surface area contributed by atoms with E-state index in [0.717, 1.165) is 10.6 Å². The molecule has 4 aromatic rings. The molecule has 0 unspecified atom stereocenters. The summed E-state index contributed by atoms with van der Waals surface area (Å²) in [7, 11) is 1.28. The minimum atomic E-state index is -1.19. The first-order valence-electron chi connectivity index (χ1n) is 11.3. The van der Waals surface area contributed by atoms with Crippen LogP contribution in [0, 0.1) is 18.6 Å². The van der Waals surface area contributed by atoms with E-state index < -0.39 is 35.7 Å². The van der Waals surface area contributed by atoms with E-state index in [4.69, 9.17) is 30.9 Å². The Kier molecular flexibility index (Phi) is 7.81. The molecule has 2 N–H and O–H groups in total. The lowest BCUT2D eigenvalue weighted by Crippen LogP contribution is -2.16. The second-order valence-corrected chi connectivity index (χ2v) is 8.62. The standard InChI is InChI=1S/C25H21ClF2N4O7/c1-11(33)22-23-24(30-12(2)29-22)32(25(36)31-23)16-9-19(18(8-14(16)26)38-7-6-20(34)35)39-10-13-17(37-3)5-4-15(27)21(13)28/h4-5,8-9H,6-7,10H2,1-3H3,(H,31,36)(H,34,35). The molecule has 0 fully saturated rings. The van der Waals surface area contributed by atoms with Gasteiger partial charge in [-0.1, -0.05) is 11.6 Å². The monoisotopic (exact) mass is 562 g/mol. The number of hydrogen-bond acceptors (Lipinski definition) is 8. The lowest BCUT2D eigenvalue weighted by molar-refractivity contribution is -0.137. The summed E-state index contributed by atoms with van der Waals surface area (Å²) in [5.41, 5.74) is -0.731. The Morgan fingerprint density at radius 1 is 1.13 bits per heavy atom. The number of nitrogens with zero attached hydrogens (tertiary/aromatic N) is 3. The van der Waals surface area contributed by atoms with Crippen molar-refractivity contribution in [1.82, 2.24) is 19.5 Å². The number of aromatic amines is 1. The van der Waals surface area contributed by atoms with E-state index in [9.17, 15) is 23.2 Å². The summed E-state index contributed by atoms with van der Waals surface area (Å²) >= 11 is 6.49. The maximum Gasteiger partial charge on any atom is 0.332 e. The summed E-state index contributed by atoms with van der Waals surface area (Å²) in [5.74, 6) is -3.69. The number of carbonyl (C=O) groups is 2. The smallest absolute Gasteiger partial charge is 0.332 e. The van der Waals surface area contributed by atoms with Crippen LogP contribution in [-0.4, -0.2) is 50.1 Å². The Morgan fingerprint density at radius 3 is 2.51 bits per heavy atom. The zero-order chi connectivity index (χ0) is 28.4. The molecule has 0 aliphatic heterocycles. The number of aromatic nitrogens is 4. The number of fused-ring (bicyclic) bond motifs is 1. The molecule has 0 aliphatic rings. The molecule has 39 heavy (non-hydrogen) atoms. The number of benzene rings is 2. The van der Waals surface area contributed by atoms with Gasteiger partial charge >= 0.3 is 11.7 Å². The molecular weight excluding hydrogens is 542 g/mol. The highest BCUT2D eigenvalue weighted by Crippen LogP contribution is 2.37. The Hall–Kier alpha value is -4.52. The molecular formula is C25H21ClF2N4O7. The summed E-state index contributed by atoms with van der Waals surface area (Å²) < 4.78 is 45.9. The number of carboxylic acids is 1. The number of H-pyrrole nitrogens is 1. The molecule has 11 nitrogen and oxygen atoms in total. The van der Waals surface area contributed by atoms with Crippen LogP contribution < -0.4 is 19.9 Å². The minimum Gasteiger partial charge on any atom is -0.496 e. The van der Waals surface area contributed by atoms with Crippen molar-refractivity contribution in [3.8, 4) is 22.9 Å². The highest BCUT2D eigenvalue weighted by atomic mass is 35.5. The summed E-state index contributed by atoms with van der Waals surface area (Å²) in [5, 5.41) is 8.94. The molecule has 0 spiro atoms. The lowest BCUT2D eigenvalue weighted by Gasteiger charge is -2.17. The van der Waals surface area contributed by atoms with Gasteiger partial charge in [0.15, 0.2) is 34.6 Å². The molecule has 0 atom stereocenters. The third kappa shape index (κ3) is 5.53. The molecule has 204 valence electrons. The molecule has 4 rings (SSSR count). The van der Waals surface area contributed by atoms with E-state index in [1.807, 2.05) is 0 Å². The van der Waals surface area contributed by atoms with E-state index >= 15 is 0 Å². The summed E-state index contributed by atoms with van der Waals surface area (Å²) in [6, 6.07) is 4.70. The van der Waals surface area contributed by atoms with Gasteiger partial charge in [0, 0.05) is 19.1 Å². The number of ketones is 1. The summed E-state index contributed by atoms with van der Waals surface area (Å²) in [4.78, 5) is 47.0. The van der Waals surface area contributed by atoms with Crippen LogP contribution in [0.4, 0.5) is 8.78 Å². The van der Waals surface area contributed by atoms with Crippen LogP contribution in [0.25, 0.3) is 16.9 Å². The average molecular weight is 563 g/mol. The normalized spacial score (nSPS) is 11.0. The first-order chi connectivity index (χ1) is 18.5. The minimum absolute atomic E-state index is 0.00300. The Labute approximate surface area is 223 Å². The Bertz CT molecular complexity index is 1670. The number of ether oxygens (including phenoxy) is 3. The molecule has 2 aromatic heterocycles. The highest BCUT2D eigenvalue weighted by Gasteiger charge is 2.22. The van der Waals surface area contributed by atoms with Crippen molar-refractivity contribution in [3.63, 3.8) is 0 Å². The topological polar surface area (TPSA) is 146 Å². The van der Waals surface area contributed by atoms with Crippen molar-refractivity contribution in [2.45, 2.75) is 26.9 Å². The number of aliphatic carboxylic acids is 1. The first kappa shape index (κ1) is 27.5. The van der Waals surface area contributed by atoms with Gasteiger partial charge in [-0.15, -0.1) is 0 Å². The number of carbonyl (C=O) groups excluding carboxylic acids is 1. The molecule has 0 amide bonds. The molecule has 2 heterocycles. The van der Waals surface area contributed by atoms with Crippen molar-refractivity contribution in [3.05, 3.63) is 68.5 Å². The van der Waals surface area contributed by atoms with Crippen LogP contribution in [0.1, 0.15) is 35.2 Å². The van der Waals surface area contributed by atoms with Crippen LogP contribution in [0.2, 0.25) is 5.02 Å². The first-order valence-corrected chi connectivity index (χ1v) is 11.7. The van der Waals surface area contributed by atoms with Gasteiger partial charge in [-0.2, -0.15) is 0 Å². The maximum absolute atomic E-state index is 14.5. The van der Waals surface area contributed by atoms with Crippen LogP contribution >= 0.6 is 11.6 Å². The number of imidazole rings is 1. The van der Waals surface area contributed by atoms with Crippen molar-refractivity contribution in [1.29, 1.82) is 0 Å². The third-order valence-corrected chi connectivity index (χ3v) is 5.86. The van der Waals surface area contributed by atoms with E-state index in [2.05, 4.69) is 15.0 Å². The molecule has 0 aliphatic carbocycles. The Morgan fingerprint density at radius 2 is 1.85 bits per heavy atom. The van der Waals surface area contributed by atoms with Crippen molar-refractivity contribution in [2.75, 3.05) is 13.7 Å². The number of Topliss-reactive ketones (excluding diaryl/α,β-unsaturated/α-hetero) is 1. The number of aryl methyl sites for hydroxylation is 1.